The van der Waals surface area contributed by atoms with E-state index in [-0.39, 0.29) is 0 Å². The summed E-state index contributed by atoms with van der Waals surface area (Å²) in [6.45, 7) is 4.43. The van der Waals surface area contributed by atoms with Crippen molar-refractivity contribution < 1.29 is 9.59 Å². The molecule has 0 bridgehead atoms. The zero-order chi connectivity index (χ0) is 15.8. The van der Waals surface area contributed by atoms with Gasteiger partial charge in [0.2, 0.25) is 12.2 Å². The quantitative estimate of drug-likeness (QED) is 0.486. The van der Waals surface area contributed by atoms with Crippen molar-refractivity contribution in [1.82, 2.24) is 0 Å². The molecule has 0 aromatic heterocycles. The first-order chi connectivity index (χ1) is 10.1. The van der Waals surface area contributed by atoms with Crippen LogP contribution in [0.15, 0.2) is 36.4 Å². The highest BCUT2D eigenvalue weighted by Crippen LogP contribution is 2.38. The second kappa shape index (κ2) is 7.71. The number of isocyanates is 2. The Kier molecular flexibility index (Phi) is 5.97. The number of rotatable bonds is 0. The summed E-state index contributed by atoms with van der Waals surface area (Å²) < 4.78 is 0. The second-order valence-corrected chi connectivity index (χ2v) is 4.57. The van der Waals surface area contributed by atoms with Crippen molar-refractivity contribution >= 4 is 12.2 Å². The fourth-order valence-corrected chi connectivity index (χ4v) is 2.48. The maximum atomic E-state index is 8.35. The van der Waals surface area contributed by atoms with Gasteiger partial charge in [-0.05, 0) is 53.6 Å². The van der Waals surface area contributed by atoms with Gasteiger partial charge in [-0.1, -0.05) is 36.4 Å². The molecular weight excluding hydrogens is 264 g/mol. The van der Waals surface area contributed by atoms with Gasteiger partial charge >= 0.3 is 0 Å². The molecule has 21 heavy (non-hydrogen) atoms. The Balaban J connectivity index is 0.000000321. The Morgan fingerprint density at radius 2 is 1.48 bits per heavy atom. The van der Waals surface area contributed by atoms with Crippen LogP contribution in [0.2, 0.25) is 0 Å². The summed E-state index contributed by atoms with van der Waals surface area (Å²) in [5, 5.41) is 10.8. The predicted octanol–water partition coefficient (Wildman–Crippen LogP) is 3.68. The van der Waals surface area contributed by atoms with Crippen LogP contribution >= 0.6 is 0 Å². The molecular formula is C17H16N2O2. The van der Waals surface area contributed by atoms with Crippen LogP contribution in [0.4, 0.5) is 0 Å². The summed E-state index contributed by atoms with van der Waals surface area (Å²) in [4.78, 5) is 16.7. The van der Waals surface area contributed by atoms with Gasteiger partial charge in [0.25, 0.3) is 0 Å². The van der Waals surface area contributed by atoms with E-state index in [9.17, 15) is 0 Å². The normalized spacial score (nSPS) is 9.62. The molecule has 0 saturated carbocycles. The monoisotopic (exact) mass is 280 g/mol. The van der Waals surface area contributed by atoms with Crippen molar-refractivity contribution in [1.29, 1.82) is 10.8 Å². The van der Waals surface area contributed by atoms with Gasteiger partial charge in [0.15, 0.2) is 0 Å². The van der Waals surface area contributed by atoms with Gasteiger partial charge in [-0.25, -0.2) is 20.4 Å². The Labute approximate surface area is 123 Å². The van der Waals surface area contributed by atoms with Gasteiger partial charge in [-0.15, -0.1) is 0 Å². The van der Waals surface area contributed by atoms with Crippen LogP contribution in [0, 0.1) is 24.7 Å². The molecule has 1 aliphatic carbocycles. The van der Waals surface area contributed by atoms with E-state index >= 15 is 0 Å². The molecule has 2 aromatic carbocycles. The van der Waals surface area contributed by atoms with Gasteiger partial charge in [0.1, 0.15) is 0 Å². The maximum Gasteiger partial charge on any atom is 0.231 e. The topological polar surface area (TPSA) is 81.8 Å². The van der Waals surface area contributed by atoms with E-state index in [4.69, 9.17) is 20.4 Å². The minimum absolute atomic E-state index is 0.750. The molecule has 0 atom stereocenters. The van der Waals surface area contributed by atoms with Crippen molar-refractivity contribution in [3.8, 4) is 11.1 Å². The van der Waals surface area contributed by atoms with Crippen molar-refractivity contribution in [3.63, 3.8) is 0 Å². The summed E-state index contributed by atoms with van der Waals surface area (Å²) in [6, 6.07) is 13.2. The molecule has 0 amide bonds. The molecule has 4 nitrogen and oxygen atoms in total. The van der Waals surface area contributed by atoms with E-state index in [1.54, 1.807) is 0 Å². The van der Waals surface area contributed by atoms with Crippen LogP contribution in [0.5, 0.6) is 0 Å². The lowest BCUT2D eigenvalue weighted by Gasteiger charge is -2.06. The number of nitrogens with one attached hydrogen (secondary N) is 2. The van der Waals surface area contributed by atoms with Crippen molar-refractivity contribution in [3.05, 3.63) is 58.7 Å². The number of benzene rings is 2. The van der Waals surface area contributed by atoms with E-state index < -0.39 is 0 Å². The molecule has 2 N–H and O–H groups in total. The molecule has 4 heteroatoms. The lowest BCUT2D eigenvalue weighted by molar-refractivity contribution is 0.562. The van der Waals surface area contributed by atoms with Crippen molar-refractivity contribution in [2.75, 3.05) is 0 Å². The highest BCUT2D eigenvalue weighted by atomic mass is 16.1. The molecule has 0 saturated heterocycles. The van der Waals surface area contributed by atoms with Crippen LogP contribution in [-0.2, 0) is 16.0 Å². The average Bonchev–Trinajstić information content (AvgIpc) is 2.84. The van der Waals surface area contributed by atoms with Gasteiger partial charge in [0.05, 0.1) is 0 Å². The van der Waals surface area contributed by atoms with Crippen LogP contribution in [-0.4, -0.2) is 12.2 Å². The van der Waals surface area contributed by atoms with Gasteiger partial charge in [0, 0.05) is 0 Å². The lowest BCUT2D eigenvalue weighted by Crippen LogP contribution is -1.89. The first kappa shape index (κ1) is 16.3. The first-order valence-corrected chi connectivity index (χ1v) is 6.35. The molecule has 106 valence electrons. The second-order valence-electron chi connectivity index (χ2n) is 4.57. The first-order valence-electron chi connectivity index (χ1n) is 6.35. The van der Waals surface area contributed by atoms with E-state index in [0.717, 1.165) is 18.6 Å². The van der Waals surface area contributed by atoms with Crippen LogP contribution < -0.4 is 0 Å². The molecule has 1 aliphatic rings. The molecule has 0 heterocycles. The summed E-state index contributed by atoms with van der Waals surface area (Å²) in [5.74, 6) is 0. The summed E-state index contributed by atoms with van der Waals surface area (Å²) >= 11 is 0. The number of hydrogen-bond donors (Lipinski definition) is 2. The Morgan fingerprint density at radius 1 is 0.905 bits per heavy atom. The van der Waals surface area contributed by atoms with Crippen molar-refractivity contribution in [2.24, 2.45) is 0 Å². The van der Waals surface area contributed by atoms with E-state index in [2.05, 4.69) is 50.2 Å². The molecule has 2 aromatic rings. The van der Waals surface area contributed by atoms with Gasteiger partial charge in [-0.2, -0.15) is 0 Å². The standard InChI is InChI=1S/C15H14.2CHNO/c1-10-7-8-14-13-6-4-3-5-12(13)9-15(14)11(10)2;2*2-1-3/h3-8H,9H2,1-2H3;2*2H. The maximum absolute atomic E-state index is 8.35. The fourth-order valence-electron chi connectivity index (χ4n) is 2.48. The number of aryl methyl sites for hydroxylation is 1. The summed E-state index contributed by atoms with van der Waals surface area (Å²) in [5.41, 5.74) is 8.73. The highest BCUT2D eigenvalue weighted by Gasteiger charge is 2.19. The van der Waals surface area contributed by atoms with Gasteiger partial charge in [-0.3, -0.25) is 0 Å². The number of hydrogen-bond acceptors (Lipinski definition) is 4. The smallest absolute Gasteiger partial charge is 0.222 e. The minimum atomic E-state index is 0.750. The largest absolute Gasteiger partial charge is 0.231 e. The molecule has 0 radical (unpaired) electrons. The Morgan fingerprint density at radius 3 is 2.10 bits per heavy atom. The third-order valence-corrected chi connectivity index (χ3v) is 3.54. The number of carbonyl (C=O) groups excluding carboxylic acids is 2. The Hall–Kier alpha value is -2.80. The third-order valence-electron chi connectivity index (χ3n) is 3.54. The molecule has 0 fully saturated rings. The molecule has 3 rings (SSSR count). The molecule has 0 aliphatic heterocycles. The van der Waals surface area contributed by atoms with E-state index in [1.807, 2.05) is 0 Å². The third kappa shape index (κ3) is 3.61. The summed E-state index contributed by atoms with van der Waals surface area (Å²) in [7, 11) is 0. The average molecular weight is 280 g/mol. The molecule has 0 spiro atoms. The van der Waals surface area contributed by atoms with Crippen molar-refractivity contribution in [2.45, 2.75) is 20.3 Å². The molecule has 0 unspecified atom stereocenters. The van der Waals surface area contributed by atoms with Crippen LogP contribution in [0.25, 0.3) is 11.1 Å². The van der Waals surface area contributed by atoms with E-state index in [1.165, 1.54) is 33.4 Å². The zero-order valence-corrected chi connectivity index (χ0v) is 12.0. The predicted molar refractivity (Wildman–Crippen MR) is 81.0 cm³/mol. The SMILES string of the molecule is Cc1ccc2c(c1C)Cc1ccccc1-2.N=C=O.N=C=O. The summed E-state index contributed by atoms with van der Waals surface area (Å²) in [6.07, 6.45) is 2.61. The van der Waals surface area contributed by atoms with E-state index in [0.29, 0.717) is 0 Å². The van der Waals surface area contributed by atoms with Gasteiger partial charge < -0.3 is 0 Å². The van der Waals surface area contributed by atoms with Crippen LogP contribution in [0.3, 0.4) is 0 Å². The Bertz CT molecular complexity index is 697. The fraction of sp³-hybridized carbons (Fsp3) is 0.176. The lowest BCUT2D eigenvalue weighted by atomic mass is 9.98. The number of fused-ring (bicyclic) bond motifs is 3. The highest BCUT2D eigenvalue weighted by molar-refractivity contribution is 5.78. The zero-order valence-electron chi connectivity index (χ0n) is 12.0. The minimum Gasteiger partial charge on any atom is -0.222 e. The van der Waals surface area contributed by atoms with Crippen LogP contribution in [0.1, 0.15) is 22.3 Å².